The molecule has 0 aliphatic heterocycles. The van der Waals surface area contributed by atoms with E-state index in [1.54, 1.807) is 4.68 Å². The quantitative estimate of drug-likeness (QED) is 0.770. The van der Waals surface area contributed by atoms with Crippen LogP contribution in [0.1, 0.15) is 43.1 Å². The van der Waals surface area contributed by atoms with E-state index in [1.165, 1.54) is 6.42 Å². The van der Waals surface area contributed by atoms with E-state index in [0.29, 0.717) is 11.6 Å². The lowest BCUT2D eigenvalue weighted by atomic mass is 9.72. The van der Waals surface area contributed by atoms with Crippen LogP contribution in [-0.4, -0.2) is 40.1 Å². The molecule has 1 aromatic rings. The average Bonchev–Trinajstić information content (AvgIpc) is 2.74. The van der Waals surface area contributed by atoms with Crippen LogP contribution < -0.4 is 0 Å². The highest BCUT2D eigenvalue weighted by molar-refractivity contribution is 6.01. The van der Waals surface area contributed by atoms with Crippen LogP contribution in [-0.2, 0) is 7.05 Å². The summed E-state index contributed by atoms with van der Waals surface area (Å²) in [6.07, 6.45) is 6.07. The Labute approximate surface area is 109 Å². The number of rotatable bonds is 3. The van der Waals surface area contributed by atoms with Gasteiger partial charge in [-0.15, -0.1) is 0 Å². The van der Waals surface area contributed by atoms with Crippen molar-refractivity contribution in [1.29, 1.82) is 0 Å². The average molecular weight is 249 g/mol. The number of Topliss-reactive ketones (excluding diaryl/α,β-unsaturated/α-hetero) is 1. The minimum atomic E-state index is -0.355. The highest BCUT2D eigenvalue weighted by Crippen LogP contribution is 2.37. The molecule has 1 aliphatic rings. The number of ketones is 1. The standard InChI is InChI=1S/C14H23N3O/c1-11-6-5-8-14(10-11,16(2)3)13(18)12-7-9-17(4)15-12/h7,9,11H,5-6,8,10H2,1-4H3. The van der Waals surface area contributed by atoms with Gasteiger partial charge in [0.05, 0.1) is 5.54 Å². The first-order valence-corrected chi connectivity index (χ1v) is 6.67. The van der Waals surface area contributed by atoms with Crippen LogP contribution in [0.5, 0.6) is 0 Å². The molecular weight excluding hydrogens is 226 g/mol. The first-order chi connectivity index (χ1) is 8.45. The van der Waals surface area contributed by atoms with E-state index < -0.39 is 0 Å². The molecule has 1 saturated carbocycles. The van der Waals surface area contributed by atoms with Crippen molar-refractivity contribution in [3.8, 4) is 0 Å². The molecule has 0 saturated heterocycles. The first kappa shape index (κ1) is 13.3. The zero-order chi connectivity index (χ0) is 13.3. The van der Waals surface area contributed by atoms with Gasteiger partial charge in [0.15, 0.2) is 0 Å². The molecule has 1 aromatic heterocycles. The molecule has 2 unspecified atom stereocenters. The fourth-order valence-electron chi connectivity index (χ4n) is 3.11. The highest BCUT2D eigenvalue weighted by atomic mass is 16.1. The zero-order valence-corrected chi connectivity index (χ0v) is 11.8. The van der Waals surface area contributed by atoms with Crippen molar-refractivity contribution in [3.05, 3.63) is 18.0 Å². The van der Waals surface area contributed by atoms with E-state index in [9.17, 15) is 4.79 Å². The smallest absolute Gasteiger partial charge is 0.203 e. The second-order valence-electron chi connectivity index (χ2n) is 5.83. The summed E-state index contributed by atoms with van der Waals surface area (Å²) >= 11 is 0. The fraction of sp³-hybridized carbons (Fsp3) is 0.714. The SMILES string of the molecule is CC1CCCC(C(=O)c2ccn(C)n2)(N(C)C)C1. The fourth-order valence-corrected chi connectivity index (χ4v) is 3.11. The molecule has 2 rings (SSSR count). The van der Waals surface area contributed by atoms with Gasteiger partial charge in [-0.05, 0) is 38.9 Å². The first-order valence-electron chi connectivity index (χ1n) is 6.67. The van der Waals surface area contributed by atoms with Gasteiger partial charge in [-0.1, -0.05) is 19.8 Å². The van der Waals surface area contributed by atoms with Gasteiger partial charge in [0.1, 0.15) is 5.69 Å². The van der Waals surface area contributed by atoms with E-state index in [4.69, 9.17) is 0 Å². The molecule has 0 amide bonds. The molecule has 0 aromatic carbocycles. The second-order valence-corrected chi connectivity index (χ2v) is 5.83. The molecular formula is C14H23N3O. The third-order valence-electron chi connectivity index (χ3n) is 4.20. The third kappa shape index (κ3) is 2.21. The lowest BCUT2D eigenvalue weighted by Crippen LogP contribution is -2.54. The Hall–Kier alpha value is -1.16. The van der Waals surface area contributed by atoms with Crippen LogP contribution in [0.4, 0.5) is 0 Å². The van der Waals surface area contributed by atoms with Crippen LogP contribution in [0, 0.1) is 5.92 Å². The van der Waals surface area contributed by atoms with Gasteiger partial charge in [-0.2, -0.15) is 5.10 Å². The summed E-state index contributed by atoms with van der Waals surface area (Å²) in [5.74, 6) is 0.786. The minimum Gasteiger partial charge on any atom is -0.297 e. The molecule has 0 bridgehead atoms. The van der Waals surface area contributed by atoms with Gasteiger partial charge >= 0.3 is 0 Å². The summed E-state index contributed by atoms with van der Waals surface area (Å²) in [7, 11) is 5.88. The Kier molecular flexibility index (Phi) is 3.57. The molecule has 18 heavy (non-hydrogen) atoms. The molecule has 0 N–H and O–H groups in total. The summed E-state index contributed by atoms with van der Waals surface area (Å²) < 4.78 is 1.70. The number of nitrogens with zero attached hydrogens (tertiary/aromatic N) is 3. The lowest BCUT2D eigenvalue weighted by Gasteiger charge is -2.43. The Morgan fingerprint density at radius 3 is 2.78 bits per heavy atom. The topological polar surface area (TPSA) is 38.1 Å². The molecule has 100 valence electrons. The van der Waals surface area contributed by atoms with Crippen LogP contribution in [0.25, 0.3) is 0 Å². The maximum absolute atomic E-state index is 12.8. The number of likely N-dealkylation sites (N-methyl/N-ethyl adjacent to an activating group) is 1. The zero-order valence-electron chi connectivity index (χ0n) is 11.8. The van der Waals surface area contributed by atoms with Gasteiger partial charge in [0, 0.05) is 13.2 Å². The number of hydrogen-bond donors (Lipinski definition) is 0. The number of aromatic nitrogens is 2. The van der Waals surface area contributed by atoms with Crippen molar-refractivity contribution in [2.75, 3.05) is 14.1 Å². The van der Waals surface area contributed by atoms with Crippen molar-refractivity contribution in [2.24, 2.45) is 13.0 Å². The number of carbonyl (C=O) groups excluding carboxylic acids is 1. The third-order valence-corrected chi connectivity index (χ3v) is 4.20. The van der Waals surface area contributed by atoms with Crippen molar-refractivity contribution in [2.45, 2.75) is 38.1 Å². The lowest BCUT2D eigenvalue weighted by molar-refractivity contribution is 0.0480. The van der Waals surface area contributed by atoms with Crippen molar-refractivity contribution in [3.63, 3.8) is 0 Å². The van der Waals surface area contributed by atoms with Crippen molar-refractivity contribution < 1.29 is 4.79 Å². The number of carbonyl (C=O) groups is 1. The monoisotopic (exact) mass is 249 g/mol. The molecule has 0 spiro atoms. The number of aryl methyl sites for hydroxylation is 1. The normalized spacial score (nSPS) is 28.6. The van der Waals surface area contributed by atoms with Crippen LogP contribution in [0.15, 0.2) is 12.3 Å². The minimum absolute atomic E-state index is 0.180. The van der Waals surface area contributed by atoms with Crippen LogP contribution in [0.2, 0.25) is 0 Å². The molecule has 1 heterocycles. The Balaban J connectivity index is 2.32. The summed E-state index contributed by atoms with van der Waals surface area (Å²) in [6.45, 7) is 2.24. The maximum atomic E-state index is 12.8. The van der Waals surface area contributed by atoms with Gasteiger partial charge < -0.3 is 0 Å². The highest BCUT2D eigenvalue weighted by Gasteiger charge is 2.44. The Morgan fingerprint density at radius 1 is 1.56 bits per heavy atom. The van der Waals surface area contributed by atoms with Gasteiger partial charge in [-0.25, -0.2) is 0 Å². The predicted molar refractivity (Wildman–Crippen MR) is 71.6 cm³/mol. The largest absolute Gasteiger partial charge is 0.297 e. The number of hydrogen-bond acceptors (Lipinski definition) is 3. The summed E-state index contributed by atoms with van der Waals surface area (Å²) in [4.78, 5) is 14.9. The maximum Gasteiger partial charge on any atom is 0.203 e. The molecule has 2 atom stereocenters. The molecule has 1 aliphatic carbocycles. The molecule has 4 nitrogen and oxygen atoms in total. The summed E-state index contributed by atoms with van der Waals surface area (Å²) in [6, 6.07) is 1.83. The van der Waals surface area contributed by atoms with E-state index in [1.807, 2.05) is 33.4 Å². The predicted octanol–water partition coefficient (Wildman–Crippen LogP) is 2.11. The second kappa shape index (κ2) is 4.84. The molecule has 0 radical (unpaired) electrons. The van der Waals surface area contributed by atoms with Gasteiger partial charge in [-0.3, -0.25) is 14.4 Å². The summed E-state index contributed by atoms with van der Waals surface area (Å²) in [5, 5.41) is 4.28. The molecule has 1 fully saturated rings. The summed E-state index contributed by atoms with van der Waals surface area (Å²) in [5.41, 5.74) is 0.242. The van der Waals surface area contributed by atoms with Gasteiger partial charge in [0.25, 0.3) is 0 Å². The van der Waals surface area contributed by atoms with E-state index in [0.717, 1.165) is 19.3 Å². The Bertz CT molecular complexity index is 438. The Morgan fingerprint density at radius 2 is 2.28 bits per heavy atom. The van der Waals surface area contributed by atoms with Crippen molar-refractivity contribution >= 4 is 5.78 Å². The van der Waals surface area contributed by atoms with E-state index in [-0.39, 0.29) is 11.3 Å². The van der Waals surface area contributed by atoms with Crippen molar-refractivity contribution in [1.82, 2.24) is 14.7 Å². The van der Waals surface area contributed by atoms with Crippen LogP contribution >= 0.6 is 0 Å². The van der Waals surface area contributed by atoms with E-state index in [2.05, 4.69) is 16.9 Å². The van der Waals surface area contributed by atoms with Gasteiger partial charge in [0.2, 0.25) is 5.78 Å². The molecule has 4 heteroatoms. The van der Waals surface area contributed by atoms with E-state index >= 15 is 0 Å². The van der Waals surface area contributed by atoms with Crippen LogP contribution in [0.3, 0.4) is 0 Å².